The summed E-state index contributed by atoms with van der Waals surface area (Å²) >= 11 is 0. The summed E-state index contributed by atoms with van der Waals surface area (Å²) in [6.07, 6.45) is 1.25. The molecule has 1 amide bonds. The van der Waals surface area contributed by atoms with Gasteiger partial charge in [-0.2, -0.15) is 5.10 Å². The highest BCUT2D eigenvalue weighted by Gasteiger charge is 2.27. The van der Waals surface area contributed by atoms with Crippen molar-refractivity contribution in [2.24, 2.45) is 5.92 Å². The van der Waals surface area contributed by atoms with Gasteiger partial charge in [0.15, 0.2) is 6.61 Å². The molecule has 0 N–H and O–H groups in total. The number of carbonyl (C=O) groups is 2. The number of piperidine rings is 1. The van der Waals surface area contributed by atoms with Gasteiger partial charge in [0.05, 0.1) is 18.7 Å². The maximum Gasteiger partial charge on any atom is 0.308 e. The van der Waals surface area contributed by atoms with Crippen LogP contribution >= 0.6 is 0 Å². The van der Waals surface area contributed by atoms with Crippen molar-refractivity contribution in [2.75, 3.05) is 26.8 Å². The Bertz CT molecular complexity index is 554. The second kappa shape index (κ2) is 7.20. The molecule has 0 spiro atoms. The molecular weight excluding hydrogens is 286 g/mol. The van der Waals surface area contributed by atoms with E-state index in [-0.39, 0.29) is 24.4 Å². The summed E-state index contributed by atoms with van der Waals surface area (Å²) in [5.74, 6) is -0.0708. The van der Waals surface area contributed by atoms with Gasteiger partial charge in [-0.1, -0.05) is 0 Å². The Balaban J connectivity index is 1.81. The van der Waals surface area contributed by atoms with Crippen molar-refractivity contribution in [3.8, 4) is 5.88 Å². The molecule has 7 heteroatoms. The lowest BCUT2D eigenvalue weighted by Gasteiger charge is -2.30. The van der Waals surface area contributed by atoms with Crippen LogP contribution in [-0.2, 0) is 14.3 Å². The molecule has 0 atom stereocenters. The van der Waals surface area contributed by atoms with E-state index in [9.17, 15) is 9.59 Å². The number of esters is 1. The van der Waals surface area contributed by atoms with E-state index in [0.717, 1.165) is 11.3 Å². The van der Waals surface area contributed by atoms with Crippen molar-refractivity contribution >= 4 is 11.9 Å². The zero-order valence-electron chi connectivity index (χ0n) is 13.2. The maximum atomic E-state index is 12.1. The first-order valence-electron chi connectivity index (χ1n) is 7.30. The molecule has 1 saturated heterocycles. The topological polar surface area (TPSA) is 81.6 Å². The molecule has 120 valence electrons. The molecule has 2 heterocycles. The molecule has 7 nitrogen and oxygen atoms in total. The van der Waals surface area contributed by atoms with Gasteiger partial charge in [0, 0.05) is 19.2 Å². The first kappa shape index (κ1) is 16.2. The van der Waals surface area contributed by atoms with Crippen LogP contribution in [0.1, 0.15) is 24.1 Å². The summed E-state index contributed by atoms with van der Waals surface area (Å²) in [6.45, 7) is 4.79. The number of methoxy groups -OCH3 is 1. The molecule has 0 bridgehead atoms. The Morgan fingerprint density at radius 1 is 1.27 bits per heavy atom. The van der Waals surface area contributed by atoms with Crippen molar-refractivity contribution in [1.82, 2.24) is 15.1 Å². The molecule has 1 aliphatic heterocycles. The van der Waals surface area contributed by atoms with Crippen molar-refractivity contribution in [2.45, 2.75) is 26.7 Å². The highest BCUT2D eigenvalue weighted by molar-refractivity contribution is 5.78. The Labute approximate surface area is 129 Å². The third-order valence-electron chi connectivity index (χ3n) is 3.93. The predicted octanol–water partition coefficient (Wildman–Crippen LogP) is 0.884. The third kappa shape index (κ3) is 3.93. The Morgan fingerprint density at radius 3 is 2.55 bits per heavy atom. The van der Waals surface area contributed by atoms with Crippen LogP contribution < -0.4 is 4.74 Å². The molecule has 1 fully saturated rings. The first-order valence-corrected chi connectivity index (χ1v) is 7.30. The molecule has 2 rings (SSSR count). The van der Waals surface area contributed by atoms with Crippen molar-refractivity contribution in [3.63, 3.8) is 0 Å². The van der Waals surface area contributed by atoms with Crippen molar-refractivity contribution < 1.29 is 19.1 Å². The van der Waals surface area contributed by atoms with Crippen LogP contribution in [0.4, 0.5) is 0 Å². The summed E-state index contributed by atoms with van der Waals surface area (Å²) in [5.41, 5.74) is 1.81. The van der Waals surface area contributed by atoms with Gasteiger partial charge in [-0.25, -0.2) is 0 Å². The normalized spacial score (nSPS) is 15.5. The zero-order valence-corrected chi connectivity index (χ0v) is 13.2. The molecule has 0 aromatic carbocycles. The van der Waals surface area contributed by atoms with Crippen LogP contribution in [0.2, 0.25) is 0 Å². The van der Waals surface area contributed by atoms with Crippen LogP contribution in [-0.4, -0.2) is 53.8 Å². The minimum atomic E-state index is -0.200. The van der Waals surface area contributed by atoms with Gasteiger partial charge < -0.3 is 14.4 Å². The SMILES string of the molecule is COC(=O)C1CCN(C(=O)COc2cc(C)c(C)nn2)CC1. The van der Waals surface area contributed by atoms with Crippen LogP contribution in [0.15, 0.2) is 6.07 Å². The molecule has 1 aromatic heterocycles. The van der Waals surface area contributed by atoms with E-state index in [1.165, 1.54) is 7.11 Å². The van der Waals surface area contributed by atoms with E-state index < -0.39 is 0 Å². The highest BCUT2D eigenvalue weighted by atomic mass is 16.5. The number of rotatable bonds is 4. The second-order valence-corrected chi connectivity index (χ2v) is 5.42. The standard InChI is InChI=1S/C15H21N3O4/c1-10-8-13(17-16-11(10)2)22-9-14(19)18-6-4-12(5-7-18)15(20)21-3/h8,12H,4-7,9H2,1-3H3. The Kier molecular flexibility index (Phi) is 5.30. The lowest BCUT2D eigenvalue weighted by Crippen LogP contribution is -2.42. The number of amides is 1. The zero-order chi connectivity index (χ0) is 16.1. The number of carbonyl (C=O) groups excluding carboxylic acids is 2. The quantitative estimate of drug-likeness (QED) is 0.768. The van der Waals surface area contributed by atoms with Gasteiger partial charge >= 0.3 is 5.97 Å². The fourth-order valence-corrected chi connectivity index (χ4v) is 2.35. The number of aromatic nitrogens is 2. The largest absolute Gasteiger partial charge is 0.469 e. The van der Waals surface area contributed by atoms with Crippen LogP contribution in [0.25, 0.3) is 0 Å². The monoisotopic (exact) mass is 307 g/mol. The summed E-state index contributed by atoms with van der Waals surface area (Å²) in [6, 6.07) is 1.76. The lowest BCUT2D eigenvalue weighted by molar-refractivity contribution is -0.149. The summed E-state index contributed by atoms with van der Waals surface area (Å²) in [5, 5.41) is 7.85. The minimum Gasteiger partial charge on any atom is -0.469 e. The Morgan fingerprint density at radius 2 is 1.95 bits per heavy atom. The number of nitrogens with zero attached hydrogens (tertiary/aromatic N) is 3. The van der Waals surface area contributed by atoms with E-state index in [4.69, 9.17) is 9.47 Å². The number of ether oxygens (including phenoxy) is 2. The molecule has 0 unspecified atom stereocenters. The summed E-state index contributed by atoms with van der Waals surface area (Å²) in [7, 11) is 1.39. The van der Waals surface area contributed by atoms with Crippen LogP contribution in [0.3, 0.4) is 0 Å². The number of likely N-dealkylation sites (tertiary alicyclic amines) is 1. The number of hydrogen-bond donors (Lipinski definition) is 0. The van der Waals surface area contributed by atoms with Gasteiger partial charge in [0.2, 0.25) is 5.88 Å². The number of hydrogen-bond acceptors (Lipinski definition) is 6. The first-order chi connectivity index (χ1) is 10.5. The average molecular weight is 307 g/mol. The smallest absolute Gasteiger partial charge is 0.308 e. The lowest BCUT2D eigenvalue weighted by atomic mass is 9.97. The van der Waals surface area contributed by atoms with E-state index >= 15 is 0 Å². The molecular formula is C15H21N3O4. The maximum absolute atomic E-state index is 12.1. The molecule has 0 aliphatic carbocycles. The second-order valence-electron chi connectivity index (χ2n) is 5.42. The molecule has 1 aliphatic rings. The fourth-order valence-electron chi connectivity index (χ4n) is 2.35. The Hall–Kier alpha value is -2.18. The van der Waals surface area contributed by atoms with Gasteiger partial charge in [-0.05, 0) is 32.3 Å². The van der Waals surface area contributed by atoms with Gasteiger partial charge in [0.1, 0.15) is 0 Å². The fraction of sp³-hybridized carbons (Fsp3) is 0.600. The highest BCUT2D eigenvalue weighted by Crippen LogP contribution is 2.18. The van der Waals surface area contributed by atoms with Crippen LogP contribution in [0.5, 0.6) is 5.88 Å². The van der Waals surface area contributed by atoms with Crippen LogP contribution in [0, 0.1) is 19.8 Å². The van der Waals surface area contributed by atoms with E-state index in [0.29, 0.717) is 31.8 Å². The third-order valence-corrected chi connectivity index (χ3v) is 3.93. The predicted molar refractivity (Wildman–Crippen MR) is 78.3 cm³/mol. The molecule has 1 aromatic rings. The van der Waals surface area contributed by atoms with Gasteiger partial charge in [-0.3, -0.25) is 9.59 Å². The minimum absolute atomic E-state index is 0.0694. The van der Waals surface area contributed by atoms with Gasteiger partial charge in [-0.15, -0.1) is 5.10 Å². The average Bonchev–Trinajstić information content (AvgIpc) is 2.55. The van der Waals surface area contributed by atoms with Crippen molar-refractivity contribution in [1.29, 1.82) is 0 Å². The molecule has 22 heavy (non-hydrogen) atoms. The van der Waals surface area contributed by atoms with E-state index in [2.05, 4.69) is 10.2 Å². The number of aryl methyl sites for hydroxylation is 2. The van der Waals surface area contributed by atoms with Gasteiger partial charge in [0.25, 0.3) is 5.91 Å². The molecule has 0 saturated carbocycles. The van der Waals surface area contributed by atoms with Crippen molar-refractivity contribution in [3.05, 3.63) is 17.3 Å². The molecule has 0 radical (unpaired) electrons. The van der Waals surface area contributed by atoms with E-state index in [1.807, 2.05) is 13.8 Å². The van der Waals surface area contributed by atoms with E-state index in [1.54, 1.807) is 11.0 Å². The summed E-state index contributed by atoms with van der Waals surface area (Å²) in [4.78, 5) is 25.3. The summed E-state index contributed by atoms with van der Waals surface area (Å²) < 4.78 is 10.1.